The fraction of sp³-hybridized carbons (Fsp3) is 0.795. The first-order valence-corrected chi connectivity index (χ1v) is 23.5. The molecule has 0 aliphatic heterocycles. The van der Waals surface area contributed by atoms with E-state index in [4.69, 9.17) is 13.8 Å². The van der Waals surface area contributed by atoms with Gasteiger partial charge in [0, 0.05) is 12.8 Å². The molecule has 0 saturated carbocycles. The molecule has 0 fully saturated rings. The van der Waals surface area contributed by atoms with Gasteiger partial charge in [0.05, 0.1) is 13.2 Å². The highest BCUT2D eigenvalue weighted by molar-refractivity contribution is 7.47. The Bertz CT molecular complexity index is 1100. The van der Waals surface area contributed by atoms with Crippen LogP contribution < -0.4 is 5.32 Å². The van der Waals surface area contributed by atoms with Crippen molar-refractivity contribution in [3.63, 3.8) is 0 Å². The van der Waals surface area contributed by atoms with Crippen molar-refractivity contribution in [3.8, 4) is 0 Å². The van der Waals surface area contributed by atoms with E-state index in [0.717, 1.165) is 70.6 Å². The molecule has 0 aromatic rings. The molecule has 0 radical (unpaired) electrons. The van der Waals surface area contributed by atoms with Crippen LogP contribution in [0.15, 0.2) is 36.5 Å². The van der Waals surface area contributed by atoms with E-state index < -0.39 is 57.6 Å². The molecule has 56 heavy (non-hydrogen) atoms. The summed E-state index contributed by atoms with van der Waals surface area (Å²) in [5.41, 5.74) is 0. The number of allylic oxidation sites excluding steroid dienone is 6. The first-order chi connectivity index (χ1) is 27.1. The zero-order valence-corrected chi connectivity index (χ0v) is 36.1. The number of aliphatic carboxylic acids is 1. The largest absolute Gasteiger partial charge is 0.480 e. The number of phosphoric ester groups is 1. The second-order valence-electron chi connectivity index (χ2n) is 14.9. The lowest BCUT2D eigenvalue weighted by molar-refractivity contribution is -0.147. The Morgan fingerprint density at radius 2 is 1.02 bits per heavy atom. The number of carboxylic acids is 1. The van der Waals surface area contributed by atoms with Crippen LogP contribution in [0.25, 0.3) is 0 Å². The average Bonchev–Trinajstić information content (AvgIpc) is 3.17. The third-order valence-electron chi connectivity index (χ3n) is 9.38. The van der Waals surface area contributed by atoms with E-state index >= 15 is 0 Å². The number of phosphoric acid groups is 1. The zero-order chi connectivity index (χ0) is 41.4. The fourth-order valence-electron chi connectivity index (χ4n) is 5.94. The van der Waals surface area contributed by atoms with E-state index in [0.29, 0.717) is 12.8 Å². The van der Waals surface area contributed by atoms with Gasteiger partial charge in [0.25, 0.3) is 0 Å². The Labute approximate surface area is 340 Å². The topological polar surface area (TPSA) is 169 Å². The van der Waals surface area contributed by atoms with E-state index in [9.17, 15) is 34.1 Å². The maximum Gasteiger partial charge on any atom is 0.472 e. The van der Waals surface area contributed by atoms with E-state index in [2.05, 4.69) is 55.6 Å². The predicted molar refractivity (Wildman–Crippen MR) is 226 cm³/mol. The summed E-state index contributed by atoms with van der Waals surface area (Å²) in [6.07, 6.45) is 41.7. The van der Waals surface area contributed by atoms with Crippen LogP contribution in [0.3, 0.4) is 0 Å². The van der Waals surface area contributed by atoms with E-state index in [1.165, 1.54) is 83.5 Å². The van der Waals surface area contributed by atoms with Crippen molar-refractivity contribution >= 4 is 25.7 Å². The standard InChI is InChI=1S/C44H80NO10P/c1-3-5-7-9-11-13-15-17-18-19-20-21-22-24-26-28-30-32-34-36-43(48)53-37-40(46)38-54-56(51,52)55-39-41(44(49)50)45-42(47)35-33-31-29-27-25-23-16-14-12-10-8-6-4-2/h8,10,14,16-18,40-41,46H,3-7,9,11-13,15,19-39H2,1-2H3,(H,45,47)(H,49,50)(H,51,52)/b10-8-,16-14-,18-17+. The van der Waals surface area contributed by atoms with Crippen molar-refractivity contribution in [2.75, 3.05) is 19.8 Å². The molecule has 326 valence electrons. The van der Waals surface area contributed by atoms with Gasteiger partial charge in [-0.25, -0.2) is 9.36 Å². The van der Waals surface area contributed by atoms with Crippen molar-refractivity contribution in [2.45, 2.75) is 206 Å². The van der Waals surface area contributed by atoms with Crippen LogP contribution in [-0.2, 0) is 32.7 Å². The highest BCUT2D eigenvalue weighted by Gasteiger charge is 2.28. The van der Waals surface area contributed by atoms with Crippen LogP contribution in [0.1, 0.15) is 194 Å². The molecule has 0 heterocycles. The molecular weight excluding hydrogens is 733 g/mol. The minimum Gasteiger partial charge on any atom is -0.480 e. The smallest absolute Gasteiger partial charge is 0.472 e. The first kappa shape index (κ1) is 53.7. The van der Waals surface area contributed by atoms with Crippen LogP contribution >= 0.6 is 7.82 Å². The molecule has 1 amide bonds. The molecule has 4 N–H and O–H groups in total. The molecule has 0 saturated heterocycles. The molecule has 0 aliphatic carbocycles. The molecule has 11 nitrogen and oxygen atoms in total. The third kappa shape index (κ3) is 38.6. The fourth-order valence-corrected chi connectivity index (χ4v) is 6.71. The van der Waals surface area contributed by atoms with Crippen molar-refractivity contribution in [1.29, 1.82) is 0 Å². The highest BCUT2D eigenvalue weighted by Crippen LogP contribution is 2.43. The second-order valence-corrected chi connectivity index (χ2v) is 16.3. The van der Waals surface area contributed by atoms with Crippen molar-refractivity contribution < 1.29 is 47.8 Å². The zero-order valence-electron chi connectivity index (χ0n) is 35.2. The monoisotopic (exact) mass is 814 g/mol. The van der Waals surface area contributed by atoms with Crippen molar-refractivity contribution in [2.24, 2.45) is 0 Å². The van der Waals surface area contributed by atoms with E-state index in [1.54, 1.807) is 0 Å². The summed E-state index contributed by atoms with van der Waals surface area (Å²) in [4.78, 5) is 45.9. The Morgan fingerprint density at radius 1 is 0.571 bits per heavy atom. The number of ether oxygens (including phenoxy) is 1. The highest BCUT2D eigenvalue weighted by atomic mass is 31.2. The lowest BCUT2D eigenvalue weighted by Gasteiger charge is -2.18. The van der Waals surface area contributed by atoms with Gasteiger partial charge in [0.15, 0.2) is 6.04 Å². The molecular formula is C44H80NO10P. The summed E-state index contributed by atoms with van der Waals surface area (Å²) in [5.74, 6) is -2.39. The normalized spacial score (nSPS) is 14.1. The molecule has 3 atom stereocenters. The molecule has 0 aromatic carbocycles. The van der Waals surface area contributed by atoms with Gasteiger partial charge in [0.2, 0.25) is 5.91 Å². The average molecular weight is 814 g/mol. The van der Waals surface area contributed by atoms with Crippen molar-refractivity contribution in [3.05, 3.63) is 36.5 Å². The number of aliphatic hydroxyl groups excluding tert-OH is 1. The summed E-state index contributed by atoms with van der Waals surface area (Å²) in [6, 6.07) is -1.55. The van der Waals surface area contributed by atoms with Gasteiger partial charge >= 0.3 is 19.8 Å². The molecule has 0 aromatic heterocycles. The van der Waals surface area contributed by atoms with Gasteiger partial charge in [-0.15, -0.1) is 0 Å². The number of aliphatic hydroxyl groups is 1. The number of esters is 1. The van der Waals surface area contributed by atoms with Gasteiger partial charge in [0.1, 0.15) is 12.7 Å². The van der Waals surface area contributed by atoms with E-state index in [-0.39, 0.29) is 12.8 Å². The number of amides is 1. The van der Waals surface area contributed by atoms with Crippen LogP contribution in [0.4, 0.5) is 0 Å². The second kappa shape index (κ2) is 39.5. The Hall–Kier alpha value is -2.30. The minimum atomic E-state index is -4.76. The Kier molecular flexibility index (Phi) is 37.9. The van der Waals surface area contributed by atoms with Crippen LogP contribution in [-0.4, -0.2) is 64.9 Å². The van der Waals surface area contributed by atoms with Crippen LogP contribution in [0, 0.1) is 0 Å². The number of carboxylic acid groups (broad SMARTS) is 1. The maximum atomic E-state index is 12.3. The van der Waals surface area contributed by atoms with Gasteiger partial charge in [-0.1, -0.05) is 153 Å². The van der Waals surface area contributed by atoms with Gasteiger partial charge in [-0.3, -0.25) is 18.6 Å². The number of rotatable bonds is 41. The Balaban J connectivity index is 3.88. The molecule has 3 unspecified atom stereocenters. The molecule has 0 aliphatic rings. The number of unbranched alkanes of at least 4 members (excludes halogenated alkanes) is 21. The summed E-state index contributed by atoms with van der Waals surface area (Å²) in [7, 11) is -4.76. The van der Waals surface area contributed by atoms with Crippen LogP contribution in [0.2, 0.25) is 0 Å². The van der Waals surface area contributed by atoms with Crippen LogP contribution in [0.5, 0.6) is 0 Å². The predicted octanol–water partition coefficient (Wildman–Crippen LogP) is 11.2. The van der Waals surface area contributed by atoms with Gasteiger partial charge < -0.3 is 25.2 Å². The lowest BCUT2D eigenvalue weighted by atomic mass is 10.1. The molecule has 0 bridgehead atoms. The number of hydrogen-bond donors (Lipinski definition) is 4. The number of nitrogens with one attached hydrogen (secondary N) is 1. The quantitative estimate of drug-likeness (QED) is 0.0202. The molecule has 0 spiro atoms. The van der Waals surface area contributed by atoms with E-state index in [1.807, 2.05) is 0 Å². The van der Waals surface area contributed by atoms with Gasteiger partial charge in [-0.05, 0) is 64.2 Å². The summed E-state index contributed by atoms with van der Waals surface area (Å²) >= 11 is 0. The molecule has 0 rings (SSSR count). The van der Waals surface area contributed by atoms with Gasteiger partial charge in [-0.2, -0.15) is 0 Å². The number of carbonyl (C=O) groups excluding carboxylic acids is 2. The Morgan fingerprint density at radius 3 is 1.54 bits per heavy atom. The summed E-state index contributed by atoms with van der Waals surface area (Å²) in [5, 5.41) is 21.8. The number of hydrogen-bond acceptors (Lipinski definition) is 8. The molecule has 12 heteroatoms. The maximum absolute atomic E-state index is 12.3. The van der Waals surface area contributed by atoms with Crippen molar-refractivity contribution in [1.82, 2.24) is 5.32 Å². The SMILES string of the molecule is CCC/C=C\C/C=C\CCCCCCCC(=O)NC(COP(=O)(O)OCC(O)COC(=O)CCCCCCCCCCC/C=C/CCCCCCCC)C(=O)O. The summed E-state index contributed by atoms with van der Waals surface area (Å²) in [6.45, 7) is 2.51. The number of carbonyl (C=O) groups is 3. The minimum absolute atomic E-state index is 0.129. The third-order valence-corrected chi connectivity index (χ3v) is 10.3. The first-order valence-electron chi connectivity index (χ1n) is 22.0. The lowest BCUT2D eigenvalue weighted by Crippen LogP contribution is -2.43. The summed E-state index contributed by atoms with van der Waals surface area (Å²) < 4.78 is 26.8.